The maximum Gasteiger partial charge on any atom is 0.318 e. The van der Waals surface area contributed by atoms with E-state index >= 15 is 0 Å². The summed E-state index contributed by atoms with van der Waals surface area (Å²) >= 11 is 0. The summed E-state index contributed by atoms with van der Waals surface area (Å²) in [6.07, 6.45) is 1.36. The highest BCUT2D eigenvalue weighted by molar-refractivity contribution is 5.75. The fraction of sp³-hybridized carbons (Fsp3) is 0.421. The Balaban J connectivity index is 1.43. The number of benzene rings is 1. The molecule has 4 rings (SSSR count). The van der Waals surface area contributed by atoms with Gasteiger partial charge in [0.1, 0.15) is 23.4 Å². The van der Waals surface area contributed by atoms with Gasteiger partial charge in [-0.1, -0.05) is 12.1 Å². The Morgan fingerprint density at radius 3 is 3.00 bits per heavy atom. The maximum atomic E-state index is 12.7. The first kappa shape index (κ1) is 16.0. The molecule has 2 N–H and O–H groups in total. The molecule has 6 heteroatoms. The van der Waals surface area contributed by atoms with Crippen LogP contribution in [0.25, 0.3) is 0 Å². The zero-order valence-corrected chi connectivity index (χ0v) is 14.2. The van der Waals surface area contributed by atoms with Crippen LogP contribution in [0.2, 0.25) is 0 Å². The van der Waals surface area contributed by atoms with Crippen molar-refractivity contribution in [2.24, 2.45) is 0 Å². The number of nitrogens with one attached hydrogen (secondary N) is 1. The number of hydrogen-bond acceptors (Lipinski definition) is 4. The number of rotatable bonds is 2. The maximum absolute atomic E-state index is 12.7. The Labute approximate surface area is 146 Å². The highest BCUT2D eigenvalue weighted by Crippen LogP contribution is 2.36. The van der Waals surface area contributed by atoms with Gasteiger partial charge in [-0.2, -0.15) is 0 Å². The van der Waals surface area contributed by atoms with Crippen molar-refractivity contribution >= 4 is 6.03 Å². The number of fused-ring (bicyclic) bond motifs is 1. The molecule has 1 fully saturated rings. The van der Waals surface area contributed by atoms with Crippen molar-refractivity contribution in [2.75, 3.05) is 19.7 Å². The molecule has 6 nitrogen and oxygen atoms in total. The van der Waals surface area contributed by atoms with Gasteiger partial charge in [-0.3, -0.25) is 0 Å². The molecule has 1 aromatic carbocycles. The van der Waals surface area contributed by atoms with Gasteiger partial charge < -0.3 is 24.5 Å². The summed E-state index contributed by atoms with van der Waals surface area (Å²) in [5.41, 5.74) is 1.96. The zero-order chi connectivity index (χ0) is 17.4. The minimum absolute atomic E-state index is 0.0539. The summed E-state index contributed by atoms with van der Waals surface area (Å²) in [7, 11) is 0. The van der Waals surface area contributed by atoms with E-state index in [1.165, 1.54) is 0 Å². The van der Waals surface area contributed by atoms with Gasteiger partial charge in [0.2, 0.25) is 0 Å². The molecule has 1 aromatic heterocycles. The zero-order valence-electron chi connectivity index (χ0n) is 14.2. The number of urea groups is 1. The fourth-order valence-corrected chi connectivity index (χ4v) is 3.66. The number of hydrogen-bond donors (Lipinski definition) is 2. The smallest absolute Gasteiger partial charge is 0.318 e. The Hall–Kier alpha value is -2.47. The Morgan fingerprint density at radius 1 is 1.32 bits per heavy atom. The lowest BCUT2D eigenvalue weighted by atomic mass is 10.1. The predicted octanol–water partition coefficient (Wildman–Crippen LogP) is 3.06. The van der Waals surface area contributed by atoms with E-state index in [4.69, 9.17) is 9.15 Å². The molecule has 132 valence electrons. The number of aryl methyl sites for hydroxylation is 1. The molecule has 1 aliphatic carbocycles. The van der Waals surface area contributed by atoms with Crippen LogP contribution in [0, 0.1) is 6.92 Å². The average Bonchev–Trinajstić information content (AvgIpc) is 3.23. The van der Waals surface area contributed by atoms with Crippen molar-refractivity contribution < 1.29 is 19.1 Å². The summed E-state index contributed by atoms with van der Waals surface area (Å²) in [5.74, 6) is 1.91. The van der Waals surface area contributed by atoms with E-state index in [9.17, 15) is 9.90 Å². The van der Waals surface area contributed by atoms with Crippen molar-refractivity contribution in [3.05, 3.63) is 53.0 Å². The summed E-state index contributed by atoms with van der Waals surface area (Å²) in [6, 6.07) is 9.14. The molecule has 2 unspecified atom stereocenters. The van der Waals surface area contributed by atoms with Crippen molar-refractivity contribution in [3.8, 4) is 5.75 Å². The van der Waals surface area contributed by atoms with Crippen molar-refractivity contribution in [1.82, 2.24) is 10.2 Å². The number of carbonyl (C=O) groups is 1. The van der Waals surface area contributed by atoms with E-state index in [0.717, 1.165) is 35.5 Å². The topological polar surface area (TPSA) is 74.9 Å². The van der Waals surface area contributed by atoms with Crippen LogP contribution < -0.4 is 5.32 Å². The van der Waals surface area contributed by atoms with Gasteiger partial charge in [-0.25, -0.2) is 4.79 Å². The van der Waals surface area contributed by atoms with E-state index in [-0.39, 0.29) is 18.2 Å². The minimum Gasteiger partial charge on any atom is -0.508 e. The molecule has 2 aliphatic rings. The number of morpholine rings is 1. The number of ether oxygens (including phenoxy) is 1. The van der Waals surface area contributed by atoms with E-state index in [2.05, 4.69) is 5.32 Å². The van der Waals surface area contributed by atoms with Crippen LogP contribution >= 0.6 is 0 Å². The van der Waals surface area contributed by atoms with Gasteiger partial charge in [0.15, 0.2) is 0 Å². The predicted molar refractivity (Wildman–Crippen MR) is 91.4 cm³/mol. The van der Waals surface area contributed by atoms with Gasteiger partial charge in [0.25, 0.3) is 0 Å². The number of carbonyl (C=O) groups excluding carboxylic acids is 1. The van der Waals surface area contributed by atoms with E-state index in [1.54, 1.807) is 11.0 Å². The van der Waals surface area contributed by atoms with Gasteiger partial charge in [-0.15, -0.1) is 0 Å². The summed E-state index contributed by atoms with van der Waals surface area (Å²) in [6.45, 7) is 3.41. The fourth-order valence-electron chi connectivity index (χ4n) is 3.66. The second-order valence-corrected chi connectivity index (χ2v) is 6.64. The lowest BCUT2D eigenvalue weighted by Crippen LogP contribution is -2.47. The molecule has 2 amide bonds. The lowest BCUT2D eigenvalue weighted by molar-refractivity contribution is -0.0266. The number of nitrogens with zero attached hydrogens (tertiary/aromatic N) is 1. The Morgan fingerprint density at radius 2 is 2.20 bits per heavy atom. The van der Waals surface area contributed by atoms with Gasteiger partial charge in [0, 0.05) is 6.54 Å². The number of phenolic OH excluding ortho intramolecular Hbond substituents is 1. The first-order valence-electron chi connectivity index (χ1n) is 8.66. The van der Waals surface area contributed by atoms with Gasteiger partial charge in [0.05, 0.1) is 19.2 Å². The highest BCUT2D eigenvalue weighted by Gasteiger charge is 2.31. The number of phenols is 1. The standard InChI is InChI=1S/C19H22N2O4/c1-12-5-8-17(25-12)18-11-21(9-10-24-18)19(23)20-15-7-6-14-13(15)3-2-4-16(14)22/h2-5,8,15,18,22H,6-7,9-11H2,1H3,(H,20,23). The van der Waals surface area contributed by atoms with E-state index in [1.807, 2.05) is 31.2 Å². The van der Waals surface area contributed by atoms with E-state index in [0.29, 0.717) is 25.4 Å². The first-order chi connectivity index (χ1) is 12.1. The Bertz CT molecular complexity index is 785. The highest BCUT2D eigenvalue weighted by atomic mass is 16.5. The molecule has 0 saturated carbocycles. The van der Waals surface area contributed by atoms with Crippen molar-refractivity contribution in [2.45, 2.75) is 31.9 Å². The molecule has 2 atom stereocenters. The van der Waals surface area contributed by atoms with Gasteiger partial charge in [-0.05, 0) is 49.1 Å². The number of furan rings is 1. The van der Waals surface area contributed by atoms with E-state index < -0.39 is 0 Å². The minimum atomic E-state index is -0.229. The second-order valence-electron chi connectivity index (χ2n) is 6.64. The average molecular weight is 342 g/mol. The molecule has 0 radical (unpaired) electrons. The molecule has 2 aromatic rings. The van der Waals surface area contributed by atoms with Crippen LogP contribution in [-0.2, 0) is 11.2 Å². The van der Waals surface area contributed by atoms with Crippen molar-refractivity contribution in [3.63, 3.8) is 0 Å². The van der Waals surface area contributed by atoms with Crippen molar-refractivity contribution in [1.29, 1.82) is 0 Å². The molecule has 1 aliphatic heterocycles. The quantitative estimate of drug-likeness (QED) is 0.879. The van der Waals surface area contributed by atoms with Crippen LogP contribution in [0.3, 0.4) is 0 Å². The third-order valence-electron chi connectivity index (χ3n) is 4.98. The third-order valence-corrected chi connectivity index (χ3v) is 4.98. The largest absolute Gasteiger partial charge is 0.508 e. The third kappa shape index (κ3) is 3.09. The molecule has 1 saturated heterocycles. The van der Waals surface area contributed by atoms with Gasteiger partial charge >= 0.3 is 6.03 Å². The summed E-state index contributed by atoms with van der Waals surface area (Å²) < 4.78 is 11.4. The van der Waals surface area contributed by atoms with Crippen LogP contribution in [0.5, 0.6) is 5.75 Å². The van der Waals surface area contributed by atoms with Crippen LogP contribution in [0.15, 0.2) is 34.7 Å². The Kier molecular flexibility index (Phi) is 4.13. The molecular formula is C19H22N2O4. The molecular weight excluding hydrogens is 320 g/mol. The molecule has 0 spiro atoms. The monoisotopic (exact) mass is 342 g/mol. The summed E-state index contributed by atoms with van der Waals surface area (Å²) in [4.78, 5) is 14.5. The lowest BCUT2D eigenvalue weighted by Gasteiger charge is -2.33. The van der Waals surface area contributed by atoms with Crippen LogP contribution in [0.1, 0.15) is 41.2 Å². The number of aromatic hydroxyl groups is 1. The summed E-state index contributed by atoms with van der Waals surface area (Å²) in [5, 5.41) is 13.0. The molecule has 0 bridgehead atoms. The van der Waals surface area contributed by atoms with Crippen LogP contribution in [-0.4, -0.2) is 35.7 Å². The SMILES string of the molecule is Cc1ccc(C2CN(C(=O)NC3CCc4c(O)cccc43)CCO2)o1. The second kappa shape index (κ2) is 6.44. The molecule has 25 heavy (non-hydrogen) atoms. The number of amides is 2. The first-order valence-corrected chi connectivity index (χ1v) is 8.66. The molecule has 2 heterocycles. The normalized spacial score (nSPS) is 22.7. The van der Waals surface area contributed by atoms with Crippen LogP contribution in [0.4, 0.5) is 4.79 Å².